The number of likely N-dealkylation sites (N-methyl/N-ethyl adjacent to an activating group) is 1. The molecule has 1 aromatic rings. The lowest BCUT2D eigenvalue weighted by Crippen LogP contribution is -2.36. The first kappa shape index (κ1) is 14.5. The van der Waals surface area contributed by atoms with Crippen molar-refractivity contribution in [3.63, 3.8) is 0 Å². The lowest BCUT2D eigenvalue weighted by Gasteiger charge is -2.18. The van der Waals surface area contributed by atoms with E-state index in [0.29, 0.717) is 19.7 Å². The molecule has 0 radical (unpaired) electrons. The number of carbonyl (C=O) groups is 1. The van der Waals surface area contributed by atoms with Gasteiger partial charge in [0, 0.05) is 13.1 Å². The molecule has 0 unspecified atom stereocenters. The molecule has 1 aromatic carbocycles. The summed E-state index contributed by atoms with van der Waals surface area (Å²) in [4.78, 5) is 12.8. The van der Waals surface area contributed by atoms with Crippen LogP contribution < -0.4 is 16.2 Å². The molecule has 1 amide bonds. The van der Waals surface area contributed by atoms with Gasteiger partial charge in [0.1, 0.15) is 12.4 Å². The highest BCUT2D eigenvalue weighted by atomic mass is 16.5. The molecule has 0 fully saturated rings. The summed E-state index contributed by atoms with van der Waals surface area (Å²) in [5.41, 5.74) is 11.8. The molecule has 0 saturated heterocycles. The molecule has 5 nitrogen and oxygen atoms in total. The van der Waals surface area contributed by atoms with Crippen LogP contribution in [0.1, 0.15) is 12.5 Å². The summed E-state index contributed by atoms with van der Waals surface area (Å²) in [6, 6.07) is 7.69. The molecule has 18 heavy (non-hydrogen) atoms. The summed E-state index contributed by atoms with van der Waals surface area (Å²) in [6.07, 6.45) is 0. The molecule has 4 N–H and O–H groups in total. The van der Waals surface area contributed by atoms with Crippen molar-refractivity contribution in [2.24, 2.45) is 11.5 Å². The number of ether oxygens (including phenoxy) is 1. The van der Waals surface area contributed by atoms with E-state index in [1.807, 2.05) is 36.1 Å². The third-order valence-corrected chi connectivity index (χ3v) is 2.64. The molecule has 0 heterocycles. The van der Waals surface area contributed by atoms with E-state index in [1.54, 1.807) is 0 Å². The minimum absolute atomic E-state index is 0.267. The van der Waals surface area contributed by atoms with E-state index in [2.05, 4.69) is 0 Å². The summed E-state index contributed by atoms with van der Waals surface area (Å²) in [6.45, 7) is 4.72. The minimum Gasteiger partial charge on any atom is -0.492 e. The van der Waals surface area contributed by atoms with E-state index < -0.39 is 0 Å². The number of hydrogen-bond acceptors (Lipinski definition) is 4. The molecule has 0 saturated carbocycles. The van der Waals surface area contributed by atoms with Crippen molar-refractivity contribution >= 4 is 5.91 Å². The zero-order chi connectivity index (χ0) is 13.4. The molecular weight excluding hydrogens is 230 g/mol. The first-order valence-electron chi connectivity index (χ1n) is 6.08. The Bertz CT molecular complexity index is 382. The number of amides is 1. The number of benzene rings is 1. The summed E-state index contributed by atoms with van der Waals surface area (Å²) in [7, 11) is 0. The Balaban J connectivity index is 2.37. The van der Waals surface area contributed by atoms with Gasteiger partial charge in [-0.2, -0.15) is 0 Å². The van der Waals surface area contributed by atoms with Crippen LogP contribution in [0.4, 0.5) is 0 Å². The van der Waals surface area contributed by atoms with Crippen LogP contribution in [0.3, 0.4) is 0 Å². The smallest absolute Gasteiger partial charge is 0.231 e. The van der Waals surface area contributed by atoms with Crippen LogP contribution in [0.25, 0.3) is 0 Å². The Morgan fingerprint density at radius 3 is 2.83 bits per heavy atom. The van der Waals surface area contributed by atoms with Gasteiger partial charge < -0.3 is 16.2 Å². The van der Waals surface area contributed by atoms with Crippen molar-refractivity contribution in [2.45, 2.75) is 13.5 Å². The number of nitrogens with zero attached hydrogens (tertiary/aromatic N) is 1. The van der Waals surface area contributed by atoms with Gasteiger partial charge in [0.2, 0.25) is 5.91 Å². The third-order valence-electron chi connectivity index (χ3n) is 2.64. The van der Waals surface area contributed by atoms with E-state index in [1.165, 1.54) is 0 Å². The van der Waals surface area contributed by atoms with Crippen LogP contribution in [-0.4, -0.2) is 37.0 Å². The molecule has 0 aromatic heterocycles. The number of carbonyl (C=O) groups excluding carboxylic acids is 1. The highest BCUT2D eigenvalue weighted by molar-refractivity contribution is 5.75. The fourth-order valence-corrected chi connectivity index (χ4v) is 1.62. The van der Waals surface area contributed by atoms with Gasteiger partial charge in [0.25, 0.3) is 0 Å². The second-order valence-corrected chi connectivity index (χ2v) is 4.04. The second-order valence-electron chi connectivity index (χ2n) is 4.04. The molecule has 100 valence electrons. The van der Waals surface area contributed by atoms with Crippen molar-refractivity contribution in [2.75, 3.05) is 26.2 Å². The van der Waals surface area contributed by atoms with E-state index >= 15 is 0 Å². The summed E-state index contributed by atoms with van der Waals surface area (Å²) >= 11 is 0. The summed E-state index contributed by atoms with van der Waals surface area (Å²) in [5, 5.41) is 0. The summed E-state index contributed by atoms with van der Waals surface area (Å²) < 4.78 is 5.61. The highest BCUT2D eigenvalue weighted by Crippen LogP contribution is 2.12. The van der Waals surface area contributed by atoms with Crippen LogP contribution >= 0.6 is 0 Å². The van der Waals surface area contributed by atoms with Gasteiger partial charge in [-0.25, -0.2) is 0 Å². The Labute approximate surface area is 108 Å². The maximum Gasteiger partial charge on any atom is 0.231 e. The molecule has 0 aliphatic rings. The average molecular weight is 251 g/mol. The van der Waals surface area contributed by atoms with Gasteiger partial charge in [-0.15, -0.1) is 0 Å². The van der Waals surface area contributed by atoms with Crippen LogP contribution in [0, 0.1) is 0 Å². The minimum atomic E-state index is -0.318. The van der Waals surface area contributed by atoms with E-state index in [0.717, 1.165) is 17.9 Å². The van der Waals surface area contributed by atoms with Crippen molar-refractivity contribution in [3.05, 3.63) is 29.8 Å². The number of primary amides is 1. The van der Waals surface area contributed by atoms with Gasteiger partial charge in [-0.1, -0.05) is 19.1 Å². The van der Waals surface area contributed by atoms with Crippen molar-refractivity contribution < 1.29 is 9.53 Å². The van der Waals surface area contributed by atoms with Gasteiger partial charge in [-0.05, 0) is 24.2 Å². The zero-order valence-corrected chi connectivity index (χ0v) is 10.8. The maximum absolute atomic E-state index is 10.8. The van der Waals surface area contributed by atoms with Crippen LogP contribution in [0.15, 0.2) is 24.3 Å². The fraction of sp³-hybridized carbons (Fsp3) is 0.462. The van der Waals surface area contributed by atoms with Gasteiger partial charge in [0.05, 0.1) is 6.54 Å². The van der Waals surface area contributed by atoms with Crippen LogP contribution in [-0.2, 0) is 11.3 Å². The van der Waals surface area contributed by atoms with Crippen LogP contribution in [0.5, 0.6) is 5.75 Å². The monoisotopic (exact) mass is 251 g/mol. The molecule has 0 spiro atoms. The van der Waals surface area contributed by atoms with Crippen molar-refractivity contribution in [1.29, 1.82) is 0 Å². The molecule has 0 aliphatic heterocycles. The summed E-state index contributed by atoms with van der Waals surface area (Å²) in [5.74, 6) is 0.482. The maximum atomic E-state index is 10.8. The zero-order valence-electron chi connectivity index (χ0n) is 10.8. The standard InChI is InChI=1S/C13H21N3O2/c1-2-16(10-13(15)17)6-7-18-12-5-3-4-11(8-12)9-14/h3-5,8H,2,6-7,9-10,14H2,1H3,(H2,15,17). The third kappa shape index (κ3) is 5.16. The fourth-order valence-electron chi connectivity index (χ4n) is 1.62. The topological polar surface area (TPSA) is 81.6 Å². The molecule has 5 heteroatoms. The van der Waals surface area contributed by atoms with Crippen molar-refractivity contribution in [3.8, 4) is 5.75 Å². The number of nitrogens with two attached hydrogens (primary N) is 2. The highest BCUT2D eigenvalue weighted by Gasteiger charge is 2.05. The Morgan fingerprint density at radius 2 is 2.22 bits per heavy atom. The van der Waals surface area contributed by atoms with E-state index in [4.69, 9.17) is 16.2 Å². The lowest BCUT2D eigenvalue weighted by atomic mass is 10.2. The van der Waals surface area contributed by atoms with Gasteiger partial charge >= 0.3 is 0 Å². The molecule has 0 bridgehead atoms. The Morgan fingerprint density at radius 1 is 1.44 bits per heavy atom. The molecule has 0 aliphatic carbocycles. The predicted molar refractivity (Wildman–Crippen MR) is 71.1 cm³/mol. The lowest BCUT2D eigenvalue weighted by molar-refractivity contribution is -0.119. The first-order valence-corrected chi connectivity index (χ1v) is 6.08. The van der Waals surface area contributed by atoms with E-state index in [-0.39, 0.29) is 12.5 Å². The van der Waals surface area contributed by atoms with Gasteiger partial charge in [-0.3, -0.25) is 9.69 Å². The second kappa shape index (κ2) is 7.68. The SMILES string of the molecule is CCN(CCOc1cccc(CN)c1)CC(N)=O. The average Bonchev–Trinajstić information content (AvgIpc) is 2.37. The quantitative estimate of drug-likeness (QED) is 0.697. The van der Waals surface area contributed by atoms with Crippen LogP contribution in [0.2, 0.25) is 0 Å². The van der Waals surface area contributed by atoms with Gasteiger partial charge in [0.15, 0.2) is 0 Å². The number of hydrogen-bond donors (Lipinski definition) is 2. The van der Waals surface area contributed by atoms with E-state index in [9.17, 15) is 4.79 Å². The van der Waals surface area contributed by atoms with Crippen molar-refractivity contribution in [1.82, 2.24) is 4.90 Å². The predicted octanol–water partition coefficient (Wildman–Crippen LogP) is 0.331. The number of rotatable bonds is 8. The normalized spacial score (nSPS) is 10.6. The molecular formula is C13H21N3O2. The molecule has 1 rings (SSSR count). The first-order chi connectivity index (χ1) is 8.65. The largest absolute Gasteiger partial charge is 0.492 e. The molecule has 0 atom stereocenters. The Hall–Kier alpha value is -1.59. The Kier molecular flexibility index (Phi) is 6.18.